The maximum absolute atomic E-state index is 10.9. The molecular formula is C10H18N4O3. The van der Waals surface area contributed by atoms with Gasteiger partial charge in [-0.15, -0.1) is 5.10 Å². The van der Waals surface area contributed by atoms with Gasteiger partial charge in [-0.1, -0.05) is 13.3 Å². The highest BCUT2D eigenvalue weighted by molar-refractivity contribution is 5.56. The minimum absolute atomic E-state index is 0.0166. The molecule has 1 N–H and O–H groups in total. The van der Waals surface area contributed by atoms with Crippen molar-refractivity contribution in [1.29, 1.82) is 0 Å². The van der Waals surface area contributed by atoms with Gasteiger partial charge in [-0.2, -0.15) is 0 Å². The molecule has 0 bridgehead atoms. The number of aliphatic hydroxyl groups excluding tert-OH is 1. The number of hydrogen-bond donors (Lipinski definition) is 1. The summed E-state index contributed by atoms with van der Waals surface area (Å²) in [5.74, 6) is 0.333. The Morgan fingerprint density at radius 1 is 1.59 bits per heavy atom. The third kappa shape index (κ3) is 3.42. The standard InChI is InChI=1S/C10H18N4O3/c1-3-4-5-13(6-7-15)10-9(14(16)17)8-12(2)11-10/h8,15H,3-7H2,1-2H3. The summed E-state index contributed by atoms with van der Waals surface area (Å²) in [6.07, 6.45) is 3.28. The van der Waals surface area contributed by atoms with Crippen molar-refractivity contribution in [3.8, 4) is 0 Å². The number of rotatable bonds is 7. The van der Waals surface area contributed by atoms with Gasteiger partial charge in [-0.05, 0) is 6.42 Å². The lowest BCUT2D eigenvalue weighted by Gasteiger charge is -2.20. The van der Waals surface area contributed by atoms with E-state index in [-0.39, 0.29) is 12.3 Å². The van der Waals surface area contributed by atoms with Crippen LogP contribution in [-0.2, 0) is 7.05 Å². The molecule has 7 heteroatoms. The Bertz CT molecular complexity index is 378. The molecule has 0 spiro atoms. The van der Waals surface area contributed by atoms with Crippen molar-refractivity contribution in [2.45, 2.75) is 19.8 Å². The SMILES string of the molecule is CCCCN(CCO)c1nn(C)cc1[N+](=O)[O-]. The fourth-order valence-electron chi connectivity index (χ4n) is 1.61. The monoisotopic (exact) mass is 242 g/mol. The number of nitro groups is 1. The van der Waals surface area contributed by atoms with Crippen LogP contribution < -0.4 is 4.90 Å². The van der Waals surface area contributed by atoms with Gasteiger partial charge < -0.3 is 10.0 Å². The van der Waals surface area contributed by atoms with Crippen LogP contribution in [0.1, 0.15) is 19.8 Å². The second-order valence-electron chi connectivity index (χ2n) is 3.83. The lowest BCUT2D eigenvalue weighted by atomic mass is 10.3. The molecule has 0 aromatic carbocycles. The van der Waals surface area contributed by atoms with E-state index in [9.17, 15) is 10.1 Å². The Balaban J connectivity index is 2.95. The molecule has 0 amide bonds. The van der Waals surface area contributed by atoms with Crippen molar-refractivity contribution in [3.05, 3.63) is 16.3 Å². The third-order valence-corrected chi connectivity index (χ3v) is 2.44. The molecule has 7 nitrogen and oxygen atoms in total. The van der Waals surface area contributed by atoms with E-state index in [1.807, 2.05) is 6.92 Å². The van der Waals surface area contributed by atoms with Crippen molar-refractivity contribution < 1.29 is 10.0 Å². The summed E-state index contributed by atoms with van der Waals surface area (Å²) in [6, 6.07) is 0. The van der Waals surface area contributed by atoms with E-state index < -0.39 is 4.92 Å². The lowest BCUT2D eigenvalue weighted by Crippen LogP contribution is -2.28. The predicted molar refractivity (Wildman–Crippen MR) is 64.1 cm³/mol. The van der Waals surface area contributed by atoms with Crippen LogP contribution in [-0.4, -0.2) is 39.5 Å². The first-order valence-corrected chi connectivity index (χ1v) is 5.64. The summed E-state index contributed by atoms with van der Waals surface area (Å²) in [4.78, 5) is 12.2. The molecule has 0 aliphatic rings. The molecular weight excluding hydrogens is 224 g/mol. The van der Waals surface area contributed by atoms with Gasteiger partial charge in [0.05, 0.1) is 11.5 Å². The van der Waals surface area contributed by atoms with Crippen LogP contribution in [0.3, 0.4) is 0 Å². The van der Waals surface area contributed by atoms with E-state index in [4.69, 9.17) is 5.11 Å². The molecule has 0 aliphatic carbocycles. The molecule has 96 valence electrons. The summed E-state index contributed by atoms with van der Waals surface area (Å²) in [7, 11) is 1.65. The predicted octanol–water partition coefficient (Wildman–Crippen LogP) is 0.927. The van der Waals surface area contributed by atoms with Gasteiger partial charge in [-0.25, -0.2) is 0 Å². The van der Waals surface area contributed by atoms with Gasteiger partial charge in [0.25, 0.3) is 0 Å². The highest BCUT2D eigenvalue weighted by atomic mass is 16.6. The average molecular weight is 242 g/mol. The van der Waals surface area contributed by atoms with E-state index in [1.54, 1.807) is 11.9 Å². The molecule has 0 atom stereocenters. The van der Waals surface area contributed by atoms with Crippen molar-refractivity contribution in [2.75, 3.05) is 24.6 Å². The van der Waals surface area contributed by atoms with Crippen LogP contribution >= 0.6 is 0 Å². The number of unbranched alkanes of at least 4 members (excludes halogenated alkanes) is 1. The first kappa shape index (κ1) is 13.4. The normalized spacial score (nSPS) is 10.5. The highest BCUT2D eigenvalue weighted by Gasteiger charge is 2.23. The summed E-state index contributed by atoms with van der Waals surface area (Å²) < 4.78 is 1.42. The zero-order valence-corrected chi connectivity index (χ0v) is 10.2. The number of aryl methyl sites for hydroxylation is 1. The Morgan fingerprint density at radius 3 is 2.82 bits per heavy atom. The van der Waals surface area contributed by atoms with Gasteiger partial charge in [0, 0.05) is 20.1 Å². The molecule has 0 unspecified atom stereocenters. The van der Waals surface area contributed by atoms with Gasteiger partial charge in [0.15, 0.2) is 0 Å². The first-order chi connectivity index (χ1) is 8.10. The Morgan fingerprint density at radius 2 is 2.29 bits per heavy atom. The number of anilines is 1. The second kappa shape index (κ2) is 6.19. The fraction of sp³-hybridized carbons (Fsp3) is 0.700. The van der Waals surface area contributed by atoms with E-state index in [1.165, 1.54) is 10.9 Å². The van der Waals surface area contributed by atoms with E-state index in [0.29, 0.717) is 18.9 Å². The Kier molecular flexibility index (Phi) is 4.89. The molecule has 0 saturated carbocycles. The zero-order valence-electron chi connectivity index (χ0n) is 10.2. The molecule has 17 heavy (non-hydrogen) atoms. The minimum atomic E-state index is -0.446. The van der Waals surface area contributed by atoms with E-state index in [2.05, 4.69) is 5.10 Å². The van der Waals surface area contributed by atoms with Crippen molar-refractivity contribution in [2.24, 2.45) is 7.05 Å². The molecule has 0 aliphatic heterocycles. The quantitative estimate of drug-likeness (QED) is 0.568. The number of aromatic nitrogens is 2. The summed E-state index contributed by atoms with van der Waals surface area (Å²) >= 11 is 0. The second-order valence-corrected chi connectivity index (χ2v) is 3.83. The van der Waals surface area contributed by atoms with Crippen molar-refractivity contribution in [1.82, 2.24) is 9.78 Å². The molecule has 1 rings (SSSR count). The first-order valence-electron chi connectivity index (χ1n) is 5.64. The van der Waals surface area contributed by atoms with Crippen LogP contribution in [0.2, 0.25) is 0 Å². The molecule has 0 saturated heterocycles. The zero-order chi connectivity index (χ0) is 12.8. The van der Waals surface area contributed by atoms with Crippen LogP contribution in [0.4, 0.5) is 11.5 Å². The molecule has 0 fully saturated rings. The smallest absolute Gasteiger partial charge is 0.330 e. The Hall–Kier alpha value is -1.63. The highest BCUT2D eigenvalue weighted by Crippen LogP contribution is 2.25. The topological polar surface area (TPSA) is 84.4 Å². The van der Waals surface area contributed by atoms with E-state index >= 15 is 0 Å². The maximum Gasteiger partial charge on any atom is 0.330 e. The largest absolute Gasteiger partial charge is 0.395 e. The van der Waals surface area contributed by atoms with Crippen LogP contribution in [0.15, 0.2) is 6.20 Å². The Labute approximate surface area is 99.8 Å². The maximum atomic E-state index is 10.9. The molecule has 1 aromatic rings. The lowest BCUT2D eigenvalue weighted by molar-refractivity contribution is -0.384. The molecule has 1 heterocycles. The van der Waals surface area contributed by atoms with Crippen molar-refractivity contribution >= 4 is 11.5 Å². The van der Waals surface area contributed by atoms with Gasteiger partial charge in [-0.3, -0.25) is 14.8 Å². The van der Waals surface area contributed by atoms with Gasteiger partial charge >= 0.3 is 5.69 Å². The summed E-state index contributed by atoms with van der Waals surface area (Å²) in [5, 5.41) is 24.0. The average Bonchev–Trinajstić information content (AvgIpc) is 2.66. The van der Waals surface area contributed by atoms with Crippen LogP contribution in [0, 0.1) is 10.1 Å². The number of hydrogen-bond acceptors (Lipinski definition) is 5. The number of nitrogens with zero attached hydrogens (tertiary/aromatic N) is 4. The third-order valence-electron chi connectivity index (χ3n) is 2.44. The summed E-state index contributed by atoms with van der Waals surface area (Å²) in [5.41, 5.74) is -0.0166. The molecule has 1 aromatic heterocycles. The molecule has 0 radical (unpaired) electrons. The van der Waals surface area contributed by atoms with Crippen molar-refractivity contribution in [3.63, 3.8) is 0 Å². The van der Waals surface area contributed by atoms with E-state index in [0.717, 1.165) is 12.8 Å². The van der Waals surface area contributed by atoms with Gasteiger partial charge in [0.1, 0.15) is 6.20 Å². The minimum Gasteiger partial charge on any atom is -0.395 e. The van der Waals surface area contributed by atoms with Crippen LogP contribution in [0.25, 0.3) is 0 Å². The van der Waals surface area contributed by atoms with Gasteiger partial charge in [0.2, 0.25) is 5.82 Å². The fourth-order valence-corrected chi connectivity index (χ4v) is 1.61. The summed E-state index contributed by atoms with van der Waals surface area (Å²) in [6.45, 7) is 3.02. The van der Waals surface area contributed by atoms with Crippen LogP contribution in [0.5, 0.6) is 0 Å². The number of aliphatic hydroxyl groups is 1.